The van der Waals surface area contributed by atoms with Crippen LogP contribution in [-0.4, -0.2) is 26.4 Å². The third-order valence-electron chi connectivity index (χ3n) is 4.33. The summed E-state index contributed by atoms with van der Waals surface area (Å²) in [6, 6.07) is 14.6. The van der Waals surface area contributed by atoms with E-state index in [9.17, 15) is 0 Å². The summed E-state index contributed by atoms with van der Waals surface area (Å²) >= 11 is 0. The second-order valence-electron chi connectivity index (χ2n) is 7.09. The van der Waals surface area contributed by atoms with Crippen LogP contribution in [0.5, 0.6) is 0 Å². The van der Waals surface area contributed by atoms with Gasteiger partial charge < -0.3 is 5.32 Å². The van der Waals surface area contributed by atoms with Gasteiger partial charge in [0.2, 0.25) is 0 Å². The Balaban J connectivity index is 1.52. The molecule has 5 heteroatoms. The number of rotatable bonds is 7. The van der Waals surface area contributed by atoms with Crippen LogP contribution in [0, 0.1) is 12.3 Å². The lowest BCUT2D eigenvalue weighted by Crippen LogP contribution is -2.24. The highest BCUT2D eigenvalue weighted by molar-refractivity contribution is 5.43. The Morgan fingerprint density at radius 2 is 1.83 bits per heavy atom. The number of hydrogen-bond acceptors (Lipinski definition) is 4. The summed E-state index contributed by atoms with van der Waals surface area (Å²) in [7, 11) is 0. The molecule has 2 heterocycles. The fraction of sp³-hybridized carbons (Fsp3) is 0.421. The Morgan fingerprint density at radius 1 is 1.04 bits per heavy atom. The largest absolute Gasteiger partial charge is 0.368 e. The first kappa shape index (κ1) is 16.4. The molecule has 0 spiro atoms. The Hall–Kier alpha value is -2.43. The molecule has 0 fully saturated rings. The van der Waals surface area contributed by atoms with Gasteiger partial charge in [-0.05, 0) is 49.3 Å². The van der Waals surface area contributed by atoms with Crippen molar-refractivity contribution in [1.29, 1.82) is 0 Å². The van der Waals surface area contributed by atoms with E-state index < -0.39 is 0 Å². The number of anilines is 1. The van der Waals surface area contributed by atoms with E-state index in [0.717, 1.165) is 30.3 Å². The molecule has 3 aromatic rings. The standard InChI is InChI=1S/C19H25N5/c1-15-21-22-18-12-11-17(23-24(15)18)20-14-19(2,3)13-7-10-16-8-5-4-6-9-16/h4-6,8-9,11-12H,7,10,13-14H2,1-3H3,(H,20,23). The van der Waals surface area contributed by atoms with Crippen molar-refractivity contribution >= 4 is 11.5 Å². The van der Waals surface area contributed by atoms with Gasteiger partial charge in [0.25, 0.3) is 0 Å². The van der Waals surface area contributed by atoms with E-state index in [4.69, 9.17) is 0 Å². The highest BCUT2D eigenvalue weighted by Crippen LogP contribution is 2.24. The van der Waals surface area contributed by atoms with Crippen LogP contribution in [-0.2, 0) is 6.42 Å². The van der Waals surface area contributed by atoms with E-state index >= 15 is 0 Å². The zero-order valence-corrected chi connectivity index (χ0v) is 14.7. The molecule has 0 unspecified atom stereocenters. The van der Waals surface area contributed by atoms with Crippen molar-refractivity contribution in [2.24, 2.45) is 5.41 Å². The molecule has 1 aromatic carbocycles. The molecular weight excluding hydrogens is 298 g/mol. The maximum Gasteiger partial charge on any atom is 0.178 e. The third kappa shape index (κ3) is 4.10. The van der Waals surface area contributed by atoms with Gasteiger partial charge in [0.1, 0.15) is 5.82 Å². The van der Waals surface area contributed by atoms with Crippen LogP contribution in [0.1, 0.15) is 38.1 Å². The van der Waals surface area contributed by atoms with Gasteiger partial charge in [-0.15, -0.1) is 15.3 Å². The quantitative estimate of drug-likeness (QED) is 0.716. The van der Waals surface area contributed by atoms with Gasteiger partial charge in [0, 0.05) is 6.54 Å². The lowest BCUT2D eigenvalue weighted by atomic mass is 9.86. The first-order valence-corrected chi connectivity index (χ1v) is 8.50. The molecule has 1 N–H and O–H groups in total. The molecule has 3 rings (SSSR count). The minimum atomic E-state index is 0.216. The van der Waals surface area contributed by atoms with E-state index in [2.05, 4.69) is 64.8 Å². The molecule has 0 bridgehead atoms. The van der Waals surface area contributed by atoms with E-state index in [1.807, 2.05) is 19.1 Å². The van der Waals surface area contributed by atoms with Gasteiger partial charge >= 0.3 is 0 Å². The van der Waals surface area contributed by atoms with Crippen LogP contribution >= 0.6 is 0 Å². The highest BCUT2D eigenvalue weighted by atomic mass is 15.4. The first-order valence-electron chi connectivity index (χ1n) is 8.50. The van der Waals surface area contributed by atoms with Gasteiger partial charge in [0.05, 0.1) is 0 Å². The topological polar surface area (TPSA) is 55.1 Å². The van der Waals surface area contributed by atoms with E-state index in [1.54, 1.807) is 4.52 Å². The van der Waals surface area contributed by atoms with Crippen molar-refractivity contribution in [2.45, 2.75) is 40.0 Å². The molecule has 0 amide bonds. The predicted molar refractivity (Wildman–Crippen MR) is 97.2 cm³/mol. The monoisotopic (exact) mass is 323 g/mol. The number of aryl methyl sites for hydroxylation is 2. The van der Waals surface area contributed by atoms with Gasteiger partial charge in [-0.25, -0.2) is 0 Å². The van der Waals surface area contributed by atoms with Crippen LogP contribution in [0.25, 0.3) is 5.65 Å². The molecule has 0 saturated heterocycles. The van der Waals surface area contributed by atoms with Gasteiger partial charge in [-0.2, -0.15) is 4.52 Å². The molecule has 0 aliphatic carbocycles. The molecule has 0 aliphatic heterocycles. The smallest absolute Gasteiger partial charge is 0.178 e. The number of fused-ring (bicyclic) bond motifs is 1. The van der Waals surface area contributed by atoms with Gasteiger partial charge in [-0.1, -0.05) is 44.2 Å². The molecule has 0 aliphatic rings. The fourth-order valence-electron chi connectivity index (χ4n) is 2.82. The van der Waals surface area contributed by atoms with Crippen LogP contribution in [0.3, 0.4) is 0 Å². The fourth-order valence-corrected chi connectivity index (χ4v) is 2.82. The Labute approximate surface area is 143 Å². The Bertz CT molecular complexity index is 792. The molecule has 0 saturated carbocycles. The molecule has 0 radical (unpaired) electrons. The summed E-state index contributed by atoms with van der Waals surface area (Å²) in [4.78, 5) is 0. The number of nitrogens with one attached hydrogen (secondary N) is 1. The normalized spacial score (nSPS) is 11.8. The van der Waals surface area contributed by atoms with Crippen molar-refractivity contribution in [2.75, 3.05) is 11.9 Å². The molecule has 5 nitrogen and oxygen atoms in total. The van der Waals surface area contributed by atoms with E-state index in [0.29, 0.717) is 0 Å². The van der Waals surface area contributed by atoms with Crippen LogP contribution < -0.4 is 5.32 Å². The lowest BCUT2D eigenvalue weighted by molar-refractivity contribution is 0.347. The summed E-state index contributed by atoms with van der Waals surface area (Å²) in [5.41, 5.74) is 2.41. The summed E-state index contributed by atoms with van der Waals surface area (Å²) in [6.45, 7) is 7.40. The SMILES string of the molecule is Cc1nnc2ccc(NCC(C)(C)CCCc3ccccc3)nn12. The van der Waals surface area contributed by atoms with Crippen molar-refractivity contribution in [1.82, 2.24) is 19.8 Å². The zero-order chi connectivity index (χ0) is 17.0. The maximum atomic E-state index is 4.55. The van der Waals surface area contributed by atoms with Crippen molar-refractivity contribution < 1.29 is 0 Å². The second kappa shape index (κ2) is 6.99. The van der Waals surface area contributed by atoms with Crippen molar-refractivity contribution in [3.8, 4) is 0 Å². The lowest BCUT2D eigenvalue weighted by Gasteiger charge is -2.25. The Kier molecular flexibility index (Phi) is 4.79. The third-order valence-corrected chi connectivity index (χ3v) is 4.33. The van der Waals surface area contributed by atoms with Crippen molar-refractivity contribution in [3.05, 3.63) is 53.9 Å². The first-order chi connectivity index (χ1) is 11.5. The number of nitrogens with zero attached hydrogens (tertiary/aromatic N) is 4. The van der Waals surface area contributed by atoms with E-state index in [1.165, 1.54) is 18.4 Å². The highest BCUT2D eigenvalue weighted by Gasteiger charge is 2.17. The molecule has 2 aromatic heterocycles. The number of aromatic nitrogens is 4. The summed E-state index contributed by atoms with van der Waals surface area (Å²) < 4.78 is 1.77. The molecule has 24 heavy (non-hydrogen) atoms. The average molecular weight is 323 g/mol. The van der Waals surface area contributed by atoms with Gasteiger partial charge in [-0.3, -0.25) is 0 Å². The van der Waals surface area contributed by atoms with Crippen LogP contribution in [0.2, 0.25) is 0 Å². The summed E-state index contributed by atoms with van der Waals surface area (Å²) in [5, 5.41) is 16.1. The van der Waals surface area contributed by atoms with Gasteiger partial charge in [0.15, 0.2) is 11.5 Å². The van der Waals surface area contributed by atoms with Crippen LogP contribution in [0.4, 0.5) is 5.82 Å². The van der Waals surface area contributed by atoms with E-state index in [-0.39, 0.29) is 5.41 Å². The molecular formula is C19H25N5. The van der Waals surface area contributed by atoms with Crippen molar-refractivity contribution in [3.63, 3.8) is 0 Å². The Morgan fingerprint density at radius 3 is 2.62 bits per heavy atom. The minimum Gasteiger partial charge on any atom is -0.368 e. The summed E-state index contributed by atoms with van der Waals surface area (Å²) in [5.74, 6) is 1.66. The number of hydrogen-bond donors (Lipinski definition) is 1. The second-order valence-corrected chi connectivity index (χ2v) is 7.09. The zero-order valence-electron chi connectivity index (χ0n) is 14.7. The van der Waals surface area contributed by atoms with Crippen LogP contribution in [0.15, 0.2) is 42.5 Å². The molecule has 0 atom stereocenters. The predicted octanol–water partition coefficient (Wildman–Crippen LogP) is 3.89. The minimum absolute atomic E-state index is 0.216. The maximum absolute atomic E-state index is 4.55. The molecule has 126 valence electrons. The summed E-state index contributed by atoms with van der Waals surface area (Å²) in [6.07, 6.45) is 3.49. The average Bonchev–Trinajstić information content (AvgIpc) is 2.95. The number of benzene rings is 1.